The Balaban J connectivity index is 1.60. The first-order valence-corrected chi connectivity index (χ1v) is 8.87. The van der Waals surface area contributed by atoms with E-state index in [9.17, 15) is 9.59 Å². The van der Waals surface area contributed by atoms with Crippen LogP contribution in [-0.4, -0.2) is 90.5 Å². The van der Waals surface area contributed by atoms with Crippen LogP contribution in [0.4, 0.5) is 5.69 Å². The maximum atomic E-state index is 11.7. The molecule has 2 atom stereocenters. The number of carbonyl (C=O) groups excluding carboxylic acids is 2. The summed E-state index contributed by atoms with van der Waals surface area (Å²) in [6, 6.07) is 0.817. The van der Waals surface area contributed by atoms with Gasteiger partial charge in [0.2, 0.25) is 11.8 Å². The Hall–Kier alpha value is -1.97. The first-order valence-electron chi connectivity index (χ1n) is 8.87. The smallest absolute Gasteiger partial charge is 0.248 e. The summed E-state index contributed by atoms with van der Waals surface area (Å²) in [7, 11) is 3.44. The molecule has 1 aromatic heterocycles. The normalized spacial score (nSPS) is 23.7. The molecule has 2 saturated heterocycles. The van der Waals surface area contributed by atoms with Gasteiger partial charge in [-0.3, -0.25) is 19.2 Å². The molecule has 2 aliphatic heterocycles. The third kappa shape index (κ3) is 4.40. The molecule has 9 nitrogen and oxygen atoms in total. The lowest BCUT2D eigenvalue weighted by Gasteiger charge is -2.38. The van der Waals surface area contributed by atoms with E-state index < -0.39 is 0 Å². The highest BCUT2D eigenvalue weighted by Gasteiger charge is 2.40. The highest BCUT2D eigenvalue weighted by molar-refractivity contribution is 5.88. The Kier molecular flexibility index (Phi) is 5.90. The third-order valence-corrected chi connectivity index (χ3v) is 4.85. The molecule has 9 heteroatoms. The number of carbonyl (C=O) groups is 2. The minimum atomic E-state index is -0.110. The van der Waals surface area contributed by atoms with E-state index >= 15 is 0 Å². The summed E-state index contributed by atoms with van der Waals surface area (Å²) in [5.74, 6) is -0.147. The molecule has 2 amide bonds. The summed E-state index contributed by atoms with van der Waals surface area (Å²) < 4.78 is 12.9. The van der Waals surface area contributed by atoms with Gasteiger partial charge < -0.3 is 19.7 Å². The molecule has 144 valence electrons. The summed E-state index contributed by atoms with van der Waals surface area (Å²) in [4.78, 5) is 26.8. The number of anilines is 1. The molecule has 2 aliphatic rings. The molecule has 0 saturated carbocycles. The average Bonchev–Trinajstić information content (AvgIpc) is 3.12. The monoisotopic (exact) mass is 365 g/mol. The fourth-order valence-electron chi connectivity index (χ4n) is 3.35. The van der Waals surface area contributed by atoms with Crippen LogP contribution in [0.5, 0.6) is 0 Å². The number of amides is 2. The van der Waals surface area contributed by atoms with E-state index in [0.29, 0.717) is 18.3 Å². The summed E-state index contributed by atoms with van der Waals surface area (Å²) in [5.41, 5.74) is 0.701. The van der Waals surface area contributed by atoms with Gasteiger partial charge in [-0.05, 0) is 6.42 Å². The van der Waals surface area contributed by atoms with Crippen LogP contribution >= 0.6 is 0 Å². The Morgan fingerprint density at radius 1 is 1.38 bits per heavy atom. The van der Waals surface area contributed by atoms with Crippen LogP contribution in [0.25, 0.3) is 0 Å². The zero-order chi connectivity index (χ0) is 18.7. The molecule has 2 fully saturated rings. The number of hydrogen-bond acceptors (Lipinski definition) is 6. The third-order valence-electron chi connectivity index (χ3n) is 4.85. The second-order valence-corrected chi connectivity index (χ2v) is 7.12. The topological polar surface area (TPSA) is 88.9 Å². The quantitative estimate of drug-likeness (QED) is 0.729. The molecule has 0 aliphatic carbocycles. The maximum absolute atomic E-state index is 11.7. The zero-order valence-corrected chi connectivity index (χ0v) is 15.6. The number of nitrogens with one attached hydrogen (secondary N) is 1. The van der Waals surface area contributed by atoms with Gasteiger partial charge in [0.1, 0.15) is 6.61 Å². The van der Waals surface area contributed by atoms with E-state index in [1.165, 1.54) is 11.8 Å². The Labute approximate surface area is 153 Å². The van der Waals surface area contributed by atoms with E-state index in [-0.39, 0.29) is 30.5 Å². The SMILES string of the molecule is CC(=O)Nc1cnn([C@H]2C[C@@H](COCC(=O)N(C)C)N(C3COC3)C2)c1. The average molecular weight is 365 g/mol. The van der Waals surface area contributed by atoms with Crippen molar-refractivity contribution in [1.82, 2.24) is 19.6 Å². The first kappa shape index (κ1) is 18.8. The van der Waals surface area contributed by atoms with Gasteiger partial charge in [0, 0.05) is 39.8 Å². The highest BCUT2D eigenvalue weighted by atomic mass is 16.5. The lowest BCUT2D eigenvalue weighted by Crippen LogP contribution is -2.52. The Bertz CT molecular complexity index is 643. The van der Waals surface area contributed by atoms with E-state index in [2.05, 4.69) is 15.3 Å². The molecule has 3 heterocycles. The predicted molar refractivity (Wildman–Crippen MR) is 94.8 cm³/mol. The molecule has 26 heavy (non-hydrogen) atoms. The lowest BCUT2D eigenvalue weighted by atomic mass is 10.1. The number of likely N-dealkylation sites (tertiary alicyclic amines) is 1. The fourth-order valence-corrected chi connectivity index (χ4v) is 3.35. The molecule has 0 bridgehead atoms. The zero-order valence-electron chi connectivity index (χ0n) is 15.6. The number of nitrogens with zero attached hydrogens (tertiary/aromatic N) is 4. The molecule has 3 rings (SSSR count). The standard InChI is InChI=1S/C17H27N5O4/c1-12(23)19-13-5-18-22(6-13)14-4-15(8-26-11-17(24)20(2)3)21(7-14)16-9-25-10-16/h5-6,14-16H,4,7-11H2,1-3H3,(H,19,23)/t14-,15-/m0/s1. The maximum Gasteiger partial charge on any atom is 0.248 e. The molecule has 1 aromatic rings. The van der Waals surface area contributed by atoms with Gasteiger partial charge in [0.05, 0.1) is 43.8 Å². The van der Waals surface area contributed by atoms with Gasteiger partial charge in [-0.2, -0.15) is 5.10 Å². The molecule has 0 unspecified atom stereocenters. The van der Waals surface area contributed by atoms with Crippen molar-refractivity contribution in [2.75, 3.05) is 52.4 Å². The number of hydrogen-bond donors (Lipinski definition) is 1. The molecular formula is C17H27N5O4. The van der Waals surface area contributed by atoms with Gasteiger partial charge >= 0.3 is 0 Å². The summed E-state index contributed by atoms with van der Waals surface area (Å²) >= 11 is 0. The van der Waals surface area contributed by atoms with Crippen molar-refractivity contribution in [3.8, 4) is 0 Å². The van der Waals surface area contributed by atoms with Crippen LogP contribution in [-0.2, 0) is 19.1 Å². The Morgan fingerprint density at radius 2 is 2.15 bits per heavy atom. The van der Waals surface area contributed by atoms with Crippen LogP contribution in [0.1, 0.15) is 19.4 Å². The van der Waals surface area contributed by atoms with E-state index in [4.69, 9.17) is 9.47 Å². The second-order valence-electron chi connectivity index (χ2n) is 7.12. The van der Waals surface area contributed by atoms with Crippen LogP contribution in [0.3, 0.4) is 0 Å². The van der Waals surface area contributed by atoms with Crippen molar-refractivity contribution in [3.05, 3.63) is 12.4 Å². The van der Waals surface area contributed by atoms with Crippen molar-refractivity contribution in [3.63, 3.8) is 0 Å². The van der Waals surface area contributed by atoms with Crippen molar-refractivity contribution < 1.29 is 19.1 Å². The van der Waals surface area contributed by atoms with Crippen molar-refractivity contribution in [1.29, 1.82) is 0 Å². The van der Waals surface area contributed by atoms with Crippen LogP contribution in [0.2, 0.25) is 0 Å². The number of likely N-dealkylation sites (N-methyl/N-ethyl adjacent to an activating group) is 1. The van der Waals surface area contributed by atoms with E-state index in [1.807, 2.05) is 10.9 Å². The largest absolute Gasteiger partial charge is 0.378 e. The first-order chi connectivity index (χ1) is 12.4. The van der Waals surface area contributed by atoms with E-state index in [0.717, 1.165) is 26.2 Å². The predicted octanol–water partition coefficient (Wildman–Crippen LogP) is -0.0395. The van der Waals surface area contributed by atoms with Crippen molar-refractivity contribution in [2.45, 2.75) is 31.5 Å². The number of ether oxygens (including phenoxy) is 2. The van der Waals surface area contributed by atoms with Gasteiger partial charge in [0.25, 0.3) is 0 Å². The van der Waals surface area contributed by atoms with E-state index in [1.54, 1.807) is 20.3 Å². The van der Waals surface area contributed by atoms with Crippen LogP contribution < -0.4 is 5.32 Å². The lowest BCUT2D eigenvalue weighted by molar-refractivity contribution is -0.134. The molecular weight excluding hydrogens is 338 g/mol. The summed E-state index contributed by atoms with van der Waals surface area (Å²) in [5, 5.41) is 7.15. The van der Waals surface area contributed by atoms with Crippen LogP contribution in [0, 0.1) is 0 Å². The minimum Gasteiger partial charge on any atom is -0.378 e. The second kappa shape index (κ2) is 8.15. The van der Waals surface area contributed by atoms with Gasteiger partial charge in [-0.15, -0.1) is 0 Å². The van der Waals surface area contributed by atoms with Gasteiger partial charge in [-0.25, -0.2) is 0 Å². The molecule has 1 N–H and O–H groups in total. The minimum absolute atomic E-state index is 0.0369. The van der Waals surface area contributed by atoms with Crippen molar-refractivity contribution in [2.24, 2.45) is 0 Å². The van der Waals surface area contributed by atoms with Crippen molar-refractivity contribution >= 4 is 17.5 Å². The molecule has 0 spiro atoms. The van der Waals surface area contributed by atoms with Gasteiger partial charge in [0.15, 0.2) is 0 Å². The highest BCUT2D eigenvalue weighted by Crippen LogP contribution is 2.31. The summed E-state index contributed by atoms with van der Waals surface area (Å²) in [6.07, 6.45) is 4.41. The van der Waals surface area contributed by atoms with Gasteiger partial charge in [-0.1, -0.05) is 0 Å². The number of rotatable bonds is 7. The summed E-state index contributed by atoms with van der Waals surface area (Å²) in [6.45, 7) is 4.40. The number of aromatic nitrogens is 2. The fraction of sp³-hybridized carbons (Fsp3) is 0.706. The van der Waals surface area contributed by atoms with Crippen LogP contribution in [0.15, 0.2) is 12.4 Å². The Morgan fingerprint density at radius 3 is 2.77 bits per heavy atom. The molecule has 0 aromatic carbocycles. The molecule has 0 radical (unpaired) electrons.